The van der Waals surface area contributed by atoms with Crippen molar-refractivity contribution in [1.29, 1.82) is 0 Å². The molecular weight excluding hydrogens is 148 g/mol. The van der Waals surface area contributed by atoms with Gasteiger partial charge in [0.1, 0.15) is 0 Å². The lowest BCUT2D eigenvalue weighted by Gasteiger charge is -2.06. The zero-order valence-electron chi connectivity index (χ0n) is 7.25. The predicted octanol–water partition coefficient (Wildman–Crippen LogP) is 2.80. The molecule has 0 N–H and O–H groups in total. The molecule has 1 rings (SSSR count). The van der Waals surface area contributed by atoms with Gasteiger partial charge in [-0.2, -0.15) is 0 Å². The van der Waals surface area contributed by atoms with Crippen LogP contribution in [0.5, 0.6) is 0 Å². The first-order chi connectivity index (χ1) is 5.84. The van der Waals surface area contributed by atoms with Crippen molar-refractivity contribution in [2.75, 3.05) is 0 Å². The van der Waals surface area contributed by atoms with Gasteiger partial charge in [0.05, 0.1) is 0 Å². The molecule has 0 aromatic carbocycles. The van der Waals surface area contributed by atoms with Crippen molar-refractivity contribution < 1.29 is 4.79 Å². The highest BCUT2D eigenvalue weighted by Crippen LogP contribution is 2.14. The Morgan fingerprint density at radius 2 is 2.50 bits per heavy atom. The smallest absolute Gasteiger partial charge is 0.159 e. The fraction of sp³-hybridized carbons (Fsp3) is 0.364. The summed E-state index contributed by atoms with van der Waals surface area (Å²) in [6, 6.07) is 0. The Hall–Kier alpha value is -1.11. The van der Waals surface area contributed by atoms with Crippen LogP contribution in [-0.4, -0.2) is 5.78 Å². The lowest BCUT2D eigenvalue weighted by molar-refractivity contribution is -0.115. The van der Waals surface area contributed by atoms with E-state index in [-0.39, 0.29) is 5.78 Å². The summed E-state index contributed by atoms with van der Waals surface area (Å²) < 4.78 is 0. The molecule has 0 saturated heterocycles. The van der Waals surface area contributed by atoms with Crippen molar-refractivity contribution in [2.45, 2.75) is 25.7 Å². The van der Waals surface area contributed by atoms with Crippen LogP contribution in [-0.2, 0) is 4.79 Å². The largest absolute Gasteiger partial charge is 0.295 e. The summed E-state index contributed by atoms with van der Waals surface area (Å²) in [4.78, 5) is 11.4. The van der Waals surface area contributed by atoms with Gasteiger partial charge in [0, 0.05) is 6.42 Å². The number of Topliss-reactive ketones (excluding diaryl/α,β-unsaturated/α-hetero) is 1. The van der Waals surface area contributed by atoms with Crippen LogP contribution in [0.15, 0.2) is 36.5 Å². The molecule has 0 fully saturated rings. The highest BCUT2D eigenvalue weighted by atomic mass is 16.1. The number of carbonyl (C=O) groups excluding carboxylic acids is 1. The Kier molecular flexibility index (Phi) is 3.52. The molecule has 0 spiro atoms. The van der Waals surface area contributed by atoms with Crippen molar-refractivity contribution in [3.63, 3.8) is 0 Å². The van der Waals surface area contributed by atoms with Gasteiger partial charge >= 0.3 is 0 Å². The maximum absolute atomic E-state index is 11.4. The molecule has 1 nitrogen and oxygen atoms in total. The molecule has 0 unspecified atom stereocenters. The number of hydrogen-bond acceptors (Lipinski definition) is 1. The second-order valence-electron chi connectivity index (χ2n) is 2.91. The molecule has 1 aliphatic carbocycles. The second kappa shape index (κ2) is 4.70. The molecule has 64 valence electrons. The molecule has 0 radical (unpaired) electrons. The summed E-state index contributed by atoms with van der Waals surface area (Å²) in [5, 5.41) is 0. The van der Waals surface area contributed by atoms with E-state index in [2.05, 4.69) is 12.7 Å². The van der Waals surface area contributed by atoms with Gasteiger partial charge in [-0.05, 0) is 24.8 Å². The first-order valence-corrected chi connectivity index (χ1v) is 4.34. The van der Waals surface area contributed by atoms with E-state index in [1.54, 1.807) is 6.08 Å². The third kappa shape index (κ3) is 2.50. The zero-order chi connectivity index (χ0) is 8.81. The molecular formula is C11H14O. The van der Waals surface area contributed by atoms with Crippen molar-refractivity contribution in [3.8, 4) is 0 Å². The highest BCUT2D eigenvalue weighted by Gasteiger charge is 2.08. The Morgan fingerprint density at radius 3 is 3.08 bits per heavy atom. The van der Waals surface area contributed by atoms with E-state index in [9.17, 15) is 4.79 Å². The van der Waals surface area contributed by atoms with E-state index in [0.717, 1.165) is 24.8 Å². The van der Waals surface area contributed by atoms with E-state index in [1.165, 1.54) is 0 Å². The number of hydrogen-bond donors (Lipinski definition) is 0. The lowest BCUT2D eigenvalue weighted by atomic mass is 9.98. The monoisotopic (exact) mass is 162 g/mol. The van der Waals surface area contributed by atoms with E-state index < -0.39 is 0 Å². The first-order valence-electron chi connectivity index (χ1n) is 4.34. The summed E-state index contributed by atoms with van der Waals surface area (Å²) >= 11 is 0. The minimum absolute atomic E-state index is 0.277. The average molecular weight is 162 g/mol. The summed E-state index contributed by atoms with van der Waals surface area (Å²) in [7, 11) is 0. The van der Waals surface area contributed by atoms with Crippen LogP contribution in [0.25, 0.3) is 0 Å². The van der Waals surface area contributed by atoms with E-state index in [1.807, 2.05) is 12.2 Å². The standard InChI is InChI=1S/C11H14O/c1-2-3-9-11(12)10-7-5-4-6-8-10/h2,4-5,7H,1,3,6,8-9H2. The SMILES string of the molecule is C=CCCC(=O)C1=CC=CCC1. The Labute approximate surface area is 73.5 Å². The Balaban J connectivity index is 2.45. The molecule has 1 aliphatic rings. The summed E-state index contributed by atoms with van der Waals surface area (Å²) in [5.41, 5.74) is 0.972. The fourth-order valence-corrected chi connectivity index (χ4v) is 1.23. The Bertz CT molecular complexity index is 233. The molecule has 0 bridgehead atoms. The van der Waals surface area contributed by atoms with Crippen LogP contribution in [0, 0.1) is 0 Å². The molecule has 0 atom stereocenters. The second-order valence-corrected chi connectivity index (χ2v) is 2.91. The molecule has 0 aliphatic heterocycles. The van der Waals surface area contributed by atoms with Crippen LogP contribution in [0.2, 0.25) is 0 Å². The van der Waals surface area contributed by atoms with E-state index in [4.69, 9.17) is 0 Å². The number of allylic oxidation sites excluding steroid dienone is 5. The van der Waals surface area contributed by atoms with Gasteiger partial charge in [0.15, 0.2) is 5.78 Å². The molecule has 12 heavy (non-hydrogen) atoms. The minimum Gasteiger partial charge on any atom is -0.295 e. The van der Waals surface area contributed by atoms with Crippen LogP contribution in [0.4, 0.5) is 0 Å². The molecule has 0 amide bonds. The van der Waals surface area contributed by atoms with Crippen molar-refractivity contribution in [2.24, 2.45) is 0 Å². The maximum atomic E-state index is 11.4. The predicted molar refractivity (Wildman–Crippen MR) is 50.9 cm³/mol. The number of carbonyl (C=O) groups is 1. The topological polar surface area (TPSA) is 17.1 Å². The summed E-state index contributed by atoms with van der Waals surface area (Å²) in [6.07, 6.45) is 11.1. The average Bonchev–Trinajstić information content (AvgIpc) is 2.15. The molecule has 0 heterocycles. The lowest BCUT2D eigenvalue weighted by Crippen LogP contribution is -2.03. The number of rotatable bonds is 4. The van der Waals surface area contributed by atoms with Gasteiger partial charge < -0.3 is 0 Å². The zero-order valence-corrected chi connectivity index (χ0v) is 7.25. The van der Waals surface area contributed by atoms with Crippen molar-refractivity contribution in [3.05, 3.63) is 36.5 Å². The molecule has 0 saturated carbocycles. The molecule has 1 heteroatoms. The van der Waals surface area contributed by atoms with Crippen LogP contribution in [0.1, 0.15) is 25.7 Å². The fourth-order valence-electron chi connectivity index (χ4n) is 1.23. The van der Waals surface area contributed by atoms with Crippen LogP contribution in [0.3, 0.4) is 0 Å². The van der Waals surface area contributed by atoms with Gasteiger partial charge in [-0.15, -0.1) is 6.58 Å². The van der Waals surface area contributed by atoms with Crippen LogP contribution >= 0.6 is 0 Å². The van der Waals surface area contributed by atoms with E-state index >= 15 is 0 Å². The summed E-state index contributed by atoms with van der Waals surface area (Å²) in [6.45, 7) is 3.59. The third-order valence-corrected chi connectivity index (χ3v) is 1.95. The minimum atomic E-state index is 0.277. The van der Waals surface area contributed by atoms with Gasteiger partial charge in [0.2, 0.25) is 0 Å². The number of ketones is 1. The normalized spacial score (nSPS) is 15.5. The first kappa shape index (κ1) is 8.98. The summed E-state index contributed by atoms with van der Waals surface area (Å²) in [5.74, 6) is 0.277. The van der Waals surface area contributed by atoms with Crippen molar-refractivity contribution >= 4 is 5.78 Å². The Morgan fingerprint density at radius 1 is 1.67 bits per heavy atom. The van der Waals surface area contributed by atoms with Crippen molar-refractivity contribution in [1.82, 2.24) is 0 Å². The van der Waals surface area contributed by atoms with Gasteiger partial charge in [-0.25, -0.2) is 0 Å². The van der Waals surface area contributed by atoms with E-state index in [0.29, 0.717) is 6.42 Å². The van der Waals surface area contributed by atoms with Gasteiger partial charge in [-0.1, -0.05) is 24.3 Å². The molecule has 0 aromatic heterocycles. The maximum Gasteiger partial charge on any atom is 0.159 e. The van der Waals surface area contributed by atoms with Gasteiger partial charge in [0.25, 0.3) is 0 Å². The quantitative estimate of drug-likeness (QED) is 0.581. The third-order valence-electron chi connectivity index (χ3n) is 1.95. The molecule has 0 aromatic rings. The highest BCUT2D eigenvalue weighted by molar-refractivity contribution is 5.95. The van der Waals surface area contributed by atoms with Gasteiger partial charge in [-0.3, -0.25) is 4.79 Å². The van der Waals surface area contributed by atoms with Crippen LogP contribution < -0.4 is 0 Å².